The molecule has 0 radical (unpaired) electrons. The minimum atomic E-state index is -0.145. The third kappa shape index (κ3) is 3.12. The second-order valence-electron chi connectivity index (χ2n) is 4.14. The topological polar surface area (TPSA) is 85.0 Å². The third-order valence-electron chi connectivity index (χ3n) is 2.64. The van der Waals surface area contributed by atoms with Crippen LogP contribution in [0.25, 0.3) is 0 Å². The molecule has 0 bridgehead atoms. The number of rotatable bonds is 5. The lowest BCUT2D eigenvalue weighted by Gasteiger charge is -2.16. The number of carbonyl (C=O) groups is 1. The first-order valence-electron chi connectivity index (χ1n) is 6.02. The number of nitrogens with zero attached hydrogens (tertiary/aromatic N) is 5. The maximum absolute atomic E-state index is 12.3. The van der Waals surface area contributed by atoms with E-state index in [0.717, 1.165) is 18.5 Å². The van der Waals surface area contributed by atoms with E-state index < -0.39 is 0 Å². The predicted molar refractivity (Wildman–Crippen MR) is 66.1 cm³/mol. The number of aromatic nitrogens is 4. The maximum atomic E-state index is 12.3. The van der Waals surface area contributed by atoms with Gasteiger partial charge >= 0.3 is 0 Å². The first kappa shape index (κ1) is 13.1. The zero-order chi connectivity index (χ0) is 13.7. The molecule has 0 aromatic carbocycles. The molecule has 0 N–H and O–H groups in total. The Hall–Kier alpha value is -2.31. The van der Waals surface area contributed by atoms with Gasteiger partial charge in [-0.2, -0.15) is 4.98 Å². The van der Waals surface area contributed by atoms with Crippen LogP contribution in [-0.2, 0) is 13.0 Å². The van der Waals surface area contributed by atoms with E-state index in [4.69, 9.17) is 0 Å². The summed E-state index contributed by atoms with van der Waals surface area (Å²) in [6, 6.07) is 0. The number of aryl methyl sites for hydroxylation is 1. The van der Waals surface area contributed by atoms with E-state index in [2.05, 4.69) is 24.6 Å². The normalized spacial score (nSPS) is 10.4. The smallest absolute Gasteiger partial charge is 0.257 e. The summed E-state index contributed by atoms with van der Waals surface area (Å²) in [5.41, 5.74) is 1.29. The van der Waals surface area contributed by atoms with Gasteiger partial charge in [-0.1, -0.05) is 18.5 Å². The monoisotopic (exact) mass is 261 g/mol. The lowest BCUT2D eigenvalue weighted by atomic mass is 10.1. The van der Waals surface area contributed by atoms with Crippen LogP contribution in [0.5, 0.6) is 0 Å². The molecule has 0 aliphatic heterocycles. The van der Waals surface area contributed by atoms with Crippen molar-refractivity contribution in [1.29, 1.82) is 0 Å². The van der Waals surface area contributed by atoms with Crippen LogP contribution in [0, 0.1) is 0 Å². The highest BCUT2D eigenvalue weighted by molar-refractivity contribution is 5.94. The molecular formula is C12H15N5O2. The van der Waals surface area contributed by atoms with Crippen LogP contribution in [0.4, 0.5) is 0 Å². The highest BCUT2D eigenvalue weighted by atomic mass is 16.5. The minimum absolute atomic E-state index is 0.145. The molecule has 19 heavy (non-hydrogen) atoms. The van der Waals surface area contributed by atoms with E-state index in [1.165, 1.54) is 17.6 Å². The van der Waals surface area contributed by atoms with Gasteiger partial charge in [0.25, 0.3) is 5.91 Å². The van der Waals surface area contributed by atoms with Gasteiger partial charge in [0.2, 0.25) is 6.39 Å². The predicted octanol–water partition coefficient (Wildman–Crippen LogP) is 1.08. The summed E-state index contributed by atoms with van der Waals surface area (Å²) >= 11 is 0. The third-order valence-corrected chi connectivity index (χ3v) is 2.64. The summed E-state index contributed by atoms with van der Waals surface area (Å²) in [6.07, 6.45) is 5.92. The second kappa shape index (κ2) is 6.03. The molecule has 2 aromatic rings. The second-order valence-corrected chi connectivity index (χ2v) is 4.14. The number of amides is 1. The Kier molecular flexibility index (Phi) is 4.17. The van der Waals surface area contributed by atoms with Gasteiger partial charge in [0.1, 0.15) is 6.33 Å². The van der Waals surface area contributed by atoms with Crippen molar-refractivity contribution in [1.82, 2.24) is 25.0 Å². The van der Waals surface area contributed by atoms with E-state index >= 15 is 0 Å². The zero-order valence-electron chi connectivity index (χ0n) is 10.9. The Morgan fingerprint density at radius 3 is 2.95 bits per heavy atom. The molecule has 7 nitrogen and oxygen atoms in total. The molecule has 0 spiro atoms. The molecule has 2 rings (SSSR count). The van der Waals surface area contributed by atoms with E-state index in [0.29, 0.717) is 11.4 Å². The van der Waals surface area contributed by atoms with Crippen molar-refractivity contribution in [3.05, 3.63) is 36.0 Å². The Labute approximate surface area is 110 Å². The fraction of sp³-hybridized carbons (Fsp3) is 0.417. The van der Waals surface area contributed by atoms with Crippen molar-refractivity contribution in [2.45, 2.75) is 26.3 Å². The maximum Gasteiger partial charge on any atom is 0.257 e. The van der Waals surface area contributed by atoms with Crippen LogP contribution in [-0.4, -0.2) is 38.0 Å². The first-order valence-corrected chi connectivity index (χ1v) is 6.02. The Balaban J connectivity index is 2.14. The fourth-order valence-electron chi connectivity index (χ4n) is 1.72. The number of hydrogen-bond acceptors (Lipinski definition) is 6. The van der Waals surface area contributed by atoms with Crippen LogP contribution in [0.2, 0.25) is 0 Å². The summed E-state index contributed by atoms with van der Waals surface area (Å²) in [6.45, 7) is 2.33. The number of carbonyl (C=O) groups excluding carboxylic acids is 1. The molecule has 100 valence electrons. The van der Waals surface area contributed by atoms with Gasteiger partial charge in [-0.15, -0.1) is 0 Å². The minimum Gasteiger partial charge on any atom is -0.343 e. The Bertz CT molecular complexity index is 541. The lowest BCUT2D eigenvalue weighted by Crippen LogP contribution is -2.28. The van der Waals surface area contributed by atoms with E-state index in [1.807, 2.05) is 6.92 Å². The van der Waals surface area contributed by atoms with Crippen LogP contribution in [0.1, 0.15) is 35.2 Å². The quantitative estimate of drug-likeness (QED) is 0.800. The van der Waals surface area contributed by atoms with Crippen LogP contribution in [0.15, 0.2) is 23.4 Å². The molecule has 7 heteroatoms. The Morgan fingerprint density at radius 2 is 2.26 bits per heavy atom. The molecule has 0 saturated carbocycles. The average molecular weight is 261 g/mol. The fourth-order valence-corrected chi connectivity index (χ4v) is 1.72. The number of hydrogen-bond donors (Lipinski definition) is 0. The molecule has 2 aromatic heterocycles. The standard InChI is InChI=1S/C12H15N5O2/c1-3-4-10-9(5-13-7-14-10)12(18)17(2)6-11-15-8-19-16-11/h5,7-8H,3-4,6H2,1-2H3. The van der Waals surface area contributed by atoms with E-state index in [9.17, 15) is 4.79 Å². The van der Waals surface area contributed by atoms with Gasteiger partial charge in [0, 0.05) is 13.2 Å². The molecule has 2 heterocycles. The zero-order valence-corrected chi connectivity index (χ0v) is 10.9. The summed E-state index contributed by atoms with van der Waals surface area (Å²) < 4.78 is 4.64. The first-order chi connectivity index (χ1) is 9.22. The van der Waals surface area contributed by atoms with Gasteiger partial charge < -0.3 is 9.42 Å². The van der Waals surface area contributed by atoms with Crippen molar-refractivity contribution in [3.8, 4) is 0 Å². The van der Waals surface area contributed by atoms with Crippen LogP contribution in [0.3, 0.4) is 0 Å². The summed E-state index contributed by atoms with van der Waals surface area (Å²) in [5.74, 6) is 0.318. The largest absolute Gasteiger partial charge is 0.343 e. The molecule has 0 fully saturated rings. The molecular weight excluding hydrogens is 246 g/mol. The average Bonchev–Trinajstić information content (AvgIpc) is 2.92. The SMILES string of the molecule is CCCc1ncncc1C(=O)N(C)Cc1ncon1. The highest BCUT2D eigenvalue weighted by Gasteiger charge is 2.18. The summed E-state index contributed by atoms with van der Waals surface area (Å²) in [7, 11) is 1.68. The van der Waals surface area contributed by atoms with Gasteiger partial charge in [0.05, 0.1) is 17.8 Å². The summed E-state index contributed by atoms with van der Waals surface area (Å²) in [5, 5.41) is 3.68. The molecule has 0 unspecified atom stereocenters. The molecule has 0 saturated heterocycles. The van der Waals surface area contributed by atoms with Crippen LogP contribution >= 0.6 is 0 Å². The van der Waals surface area contributed by atoms with Crippen molar-refractivity contribution < 1.29 is 9.32 Å². The van der Waals surface area contributed by atoms with Crippen molar-refractivity contribution in [3.63, 3.8) is 0 Å². The molecule has 0 aliphatic rings. The molecule has 0 atom stereocenters. The Morgan fingerprint density at radius 1 is 1.42 bits per heavy atom. The molecule has 0 aliphatic carbocycles. The van der Waals surface area contributed by atoms with E-state index in [1.54, 1.807) is 13.2 Å². The lowest BCUT2D eigenvalue weighted by molar-refractivity contribution is 0.0778. The van der Waals surface area contributed by atoms with Crippen LogP contribution < -0.4 is 0 Å². The van der Waals surface area contributed by atoms with Crippen molar-refractivity contribution >= 4 is 5.91 Å². The van der Waals surface area contributed by atoms with Crippen molar-refractivity contribution in [2.24, 2.45) is 0 Å². The molecule has 1 amide bonds. The van der Waals surface area contributed by atoms with E-state index in [-0.39, 0.29) is 12.5 Å². The van der Waals surface area contributed by atoms with Crippen molar-refractivity contribution in [2.75, 3.05) is 7.05 Å². The summed E-state index contributed by atoms with van der Waals surface area (Å²) in [4.78, 5) is 25.8. The van der Waals surface area contributed by atoms with Gasteiger partial charge in [0.15, 0.2) is 5.82 Å². The van der Waals surface area contributed by atoms with Gasteiger partial charge in [-0.25, -0.2) is 9.97 Å². The highest BCUT2D eigenvalue weighted by Crippen LogP contribution is 2.10. The van der Waals surface area contributed by atoms with Gasteiger partial charge in [-0.05, 0) is 6.42 Å². The van der Waals surface area contributed by atoms with Gasteiger partial charge in [-0.3, -0.25) is 4.79 Å².